The second-order valence-corrected chi connectivity index (χ2v) is 5.02. The number of nitrogens with zero attached hydrogens (tertiary/aromatic N) is 1. The summed E-state index contributed by atoms with van der Waals surface area (Å²) in [5, 5.41) is 3.18. The molecule has 3 heteroatoms. The molecule has 2 aliphatic heterocycles. The maximum Gasteiger partial charge on any atom is 0.220 e. The first-order chi connectivity index (χ1) is 7.24. The van der Waals surface area contributed by atoms with Crippen LogP contribution in [0.1, 0.15) is 45.4 Å². The smallest absolute Gasteiger partial charge is 0.220 e. The molecule has 86 valence electrons. The maximum atomic E-state index is 11.2. The van der Waals surface area contributed by atoms with Crippen LogP contribution in [0.5, 0.6) is 0 Å². The summed E-state index contributed by atoms with van der Waals surface area (Å²) in [6.07, 6.45) is 6.70. The van der Waals surface area contributed by atoms with Gasteiger partial charge in [-0.15, -0.1) is 0 Å². The van der Waals surface area contributed by atoms with E-state index in [0.29, 0.717) is 0 Å². The van der Waals surface area contributed by atoms with E-state index in [4.69, 9.17) is 0 Å². The number of hydrogen-bond donors (Lipinski definition) is 1. The summed E-state index contributed by atoms with van der Waals surface area (Å²) in [5.74, 6) is 0.261. The molecular formula is C12H22N2O. The van der Waals surface area contributed by atoms with Gasteiger partial charge in [-0.3, -0.25) is 4.79 Å². The second kappa shape index (κ2) is 4.52. The van der Waals surface area contributed by atoms with Crippen molar-refractivity contribution in [3.05, 3.63) is 0 Å². The molecule has 2 rings (SSSR count). The average Bonchev–Trinajstić information content (AvgIpc) is 2.60. The van der Waals surface area contributed by atoms with E-state index >= 15 is 0 Å². The number of unbranched alkanes of at least 4 members (excludes halogenated alkanes) is 1. The summed E-state index contributed by atoms with van der Waals surface area (Å²) in [6, 6.07) is 0. The molecule has 0 radical (unpaired) electrons. The summed E-state index contributed by atoms with van der Waals surface area (Å²) in [6.45, 7) is 5.81. The van der Waals surface area contributed by atoms with Crippen LogP contribution in [0.4, 0.5) is 0 Å². The van der Waals surface area contributed by atoms with Gasteiger partial charge in [0.2, 0.25) is 5.91 Å². The number of piperidine rings is 1. The Morgan fingerprint density at radius 2 is 2.07 bits per heavy atom. The summed E-state index contributed by atoms with van der Waals surface area (Å²) in [5.41, 5.74) is 0.180. The number of carbonyl (C=O) groups excluding carboxylic acids is 1. The molecule has 0 aliphatic carbocycles. The minimum Gasteiger partial charge on any atom is -0.351 e. The zero-order valence-electron chi connectivity index (χ0n) is 9.72. The average molecular weight is 210 g/mol. The first kappa shape index (κ1) is 10.9. The molecule has 0 aromatic heterocycles. The fraction of sp³-hybridized carbons (Fsp3) is 0.917. The third-order valence-corrected chi connectivity index (χ3v) is 3.88. The lowest BCUT2D eigenvalue weighted by Gasteiger charge is -2.39. The van der Waals surface area contributed by atoms with Crippen LogP contribution < -0.4 is 5.32 Å². The van der Waals surface area contributed by atoms with Crippen molar-refractivity contribution in [3.63, 3.8) is 0 Å². The molecule has 2 saturated heterocycles. The van der Waals surface area contributed by atoms with Crippen molar-refractivity contribution in [2.24, 2.45) is 0 Å². The monoisotopic (exact) mass is 210 g/mol. The molecule has 1 spiro atoms. The SMILES string of the molecule is CCCCN1CCC2(CCC(=O)N2)CC1. The fourth-order valence-corrected chi connectivity index (χ4v) is 2.73. The third-order valence-electron chi connectivity index (χ3n) is 3.88. The van der Waals surface area contributed by atoms with Gasteiger partial charge in [0.05, 0.1) is 0 Å². The number of carbonyl (C=O) groups is 1. The van der Waals surface area contributed by atoms with E-state index in [1.54, 1.807) is 0 Å². The van der Waals surface area contributed by atoms with E-state index < -0.39 is 0 Å². The highest BCUT2D eigenvalue weighted by molar-refractivity contribution is 5.79. The highest BCUT2D eigenvalue weighted by Crippen LogP contribution is 2.31. The van der Waals surface area contributed by atoms with Gasteiger partial charge in [-0.1, -0.05) is 13.3 Å². The second-order valence-electron chi connectivity index (χ2n) is 5.02. The Morgan fingerprint density at radius 3 is 2.60 bits per heavy atom. The van der Waals surface area contributed by atoms with E-state index in [9.17, 15) is 4.79 Å². The molecule has 15 heavy (non-hydrogen) atoms. The van der Waals surface area contributed by atoms with Crippen molar-refractivity contribution >= 4 is 5.91 Å². The summed E-state index contributed by atoms with van der Waals surface area (Å²) in [7, 11) is 0. The van der Waals surface area contributed by atoms with Gasteiger partial charge in [0.1, 0.15) is 0 Å². The van der Waals surface area contributed by atoms with Crippen LogP contribution in [-0.4, -0.2) is 36.0 Å². The fourth-order valence-electron chi connectivity index (χ4n) is 2.73. The van der Waals surface area contributed by atoms with Gasteiger partial charge in [-0.2, -0.15) is 0 Å². The zero-order chi connectivity index (χ0) is 10.7. The van der Waals surface area contributed by atoms with E-state index in [0.717, 1.165) is 25.7 Å². The number of rotatable bonds is 3. The molecule has 2 heterocycles. The van der Waals surface area contributed by atoms with E-state index in [2.05, 4.69) is 17.1 Å². The Balaban J connectivity index is 1.79. The zero-order valence-corrected chi connectivity index (χ0v) is 9.72. The van der Waals surface area contributed by atoms with Crippen molar-refractivity contribution in [1.29, 1.82) is 0 Å². The van der Waals surface area contributed by atoms with Crippen LogP contribution >= 0.6 is 0 Å². The van der Waals surface area contributed by atoms with Gasteiger partial charge in [-0.05, 0) is 32.2 Å². The van der Waals surface area contributed by atoms with E-state index in [1.807, 2.05) is 0 Å². The standard InChI is InChI=1S/C12H22N2O/c1-2-3-8-14-9-6-12(7-10-14)5-4-11(15)13-12/h2-10H2,1H3,(H,13,15). The normalized spacial score (nSPS) is 25.8. The number of nitrogens with one attached hydrogen (secondary N) is 1. The number of hydrogen-bond acceptors (Lipinski definition) is 2. The molecule has 0 atom stereocenters. The predicted octanol–water partition coefficient (Wildman–Crippen LogP) is 1.53. The molecular weight excluding hydrogens is 188 g/mol. The molecule has 0 saturated carbocycles. The van der Waals surface area contributed by atoms with Crippen molar-refractivity contribution in [3.8, 4) is 0 Å². The summed E-state index contributed by atoms with van der Waals surface area (Å²) >= 11 is 0. The molecule has 0 aromatic rings. The maximum absolute atomic E-state index is 11.2. The van der Waals surface area contributed by atoms with Gasteiger partial charge in [0, 0.05) is 25.0 Å². The lowest BCUT2D eigenvalue weighted by atomic mass is 9.86. The molecule has 0 bridgehead atoms. The van der Waals surface area contributed by atoms with Gasteiger partial charge in [0.15, 0.2) is 0 Å². The van der Waals surface area contributed by atoms with E-state index in [1.165, 1.54) is 32.5 Å². The highest BCUT2D eigenvalue weighted by atomic mass is 16.2. The van der Waals surface area contributed by atoms with Crippen molar-refractivity contribution < 1.29 is 4.79 Å². The Kier molecular flexibility index (Phi) is 3.29. The van der Waals surface area contributed by atoms with Crippen LogP contribution in [-0.2, 0) is 4.79 Å². The van der Waals surface area contributed by atoms with E-state index in [-0.39, 0.29) is 11.4 Å². The van der Waals surface area contributed by atoms with Gasteiger partial charge >= 0.3 is 0 Å². The van der Waals surface area contributed by atoms with Crippen molar-refractivity contribution in [1.82, 2.24) is 10.2 Å². The van der Waals surface area contributed by atoms with Crippen molar-refractivity contribution in [2.45, 2.75) is 51.0 Å². The molecule has 0 unspecified atom stereocenters. The minimum atomic E-state index is 0.180. The highest BCUT2D eigenvalue weighted by Gasteiger charge is 2.39. The Hall–Kier alpha value is -0.570. The summed E-state index contributed by atoms with van der Waals surface area (Å²) in [4.78, 5) is 13.8. The molecule has 0 aromatic carbocycles. The topological polar surface area (TPSA) is 32.3 Å². The number of amides is 1. The van der Waals surface area contributed by atoms with Crippen LogP contribution in [0.2, 0.25) is 0 Å². The van der Waals surface area contributed by atoms with Crippen molar-refractivity contribution in [2.75, 3.05) is 19.6 Å². The van der Waals surface area contributed by atoms with Gasteiger partial charge in [-0.25, -0.2) is 0 Å². The lowest BCUT2D eigenvalue weighted by Crippen LogP contribution is -2.50. The Bertz CT molecular complexity index is 232. The van der Waals surface area contributed by atoms with Crippen LogP contribution in [0.25, 0.3) is 0 Å². The Labute approximate surface area is 92.2 Å². The third kappa shape index (κ3) is 2.51. The van der Waals surface area contributed by atoms with Crippen LogP contribution in [0.15, 0.2) is 0 Å². The predicted molar refractivity (Wildman–Crippen MR) is 60.7 cm³/mol. The van der Waals surface area contributed by atoms with Gasteiger partial charge in [0.25, 0.3) is 0 Å². The molecule has 1 N–H and O–H groups in total. The summed E-state index contributed by atoms with van der Waals surface area (Å²) < 4.78 is 0. The first-order valence-corrected chi connectivity index (χ1v) is 6.27. The molecule has 2 aliphatic rings. The Morgan fingerprint density at radius 1 is 1.33 bits per heavy atom. The first-order valence-electron chi connectivity index (χ1n) is 6.27. The van der Waals surface area contributed by atoms with Crippen LogP contribution in [0.3, 0.4) is 0 Å². The van der Waals surface area contributed by atoms with Crippen LogP contribution in [0, 0.1) is 0 Å². The minimum absolute atomic E-state index is 0.180. The molecule has 1 amide bonds. The molecule has 2 fully saturated rings. The largest absolute Gasteiger partial charge is 0.351 e. The van der Waals surface area contributed by atoms with Gasteiger partial charge < -0.3 is 10.2 Å². The molecule has 3 nitrogen and oxygen atoms in total. The lowest BCUT2D eigenvalue weighted by molar-refractivity contribution is -0.120. The quantitative estimate of drug-likeness (QED) is 0.766. The number of likely N-dealkylation sites (tertiary alicyclic amines) is 1.